The number of thiazole rings is 1. The Kier molecular flexibility index (Phi) is 3.93. The monoisotopic (exact) mass is 382 g/mol. The van der Waals surface area contributed by atoms with Crippen molar-refractivity contribution >= 4 is 53.8 Å². The smallest absolute Gasteiger partial charge is 0.201 e. The third-order valence-electron chi connectivity index (χ3n) is 3.95. The van der Waals surface area contributed by atoms with Crippen molar-refractivity contribution in [3.05, 3.63) is 59.7 Å². The number of rotatable bonds is 4. The molecule has 0 fully saturated rings. The van der Waals surface area contributed by atoms with Crippen LogP contribution in [0.4, 0.5) is 11.4 Å². The minimum atomic E-state index is -3.55. The summed E-state index contributed by atoms with van der Waals surface area (Å²) in [6.45, 7) is 5.05. The topological polar surface area (TPSA) is 84.8 Å². The van der Waals surface area contributed by atoms with E-state index < -0.39 is 9.84 Å². The minimum absolute atomic E-state index is 0.105. The van der Waals surface area contributed by atoms with Crippen LogP contribution in [0.25, 0.3) is 21.3 Å². The highest BCUT2D eigenvalue weighted by Gasteiger charge is 2.16. The summed E-state index contributed by atoms with van der Waals surface area (Å²) in [5.74, 6) is 0. The number of pyridine rings is 2. The molecule has 6 nitrogen and oxygen atoms in total. The van der Waals surface area contributed by atoms with E-state index in [4.69, 9.17) is 0 Å². The number of benzene rings is 1. The summed E-state index contributed by atoms with van der Waals surface area (Å²) < 4.78 is 24.8. The standard InChI is InChI=1S/C18H14N4O2S2/c1-11(2)26(23,24)13-3-4-15-14(8-13)16(5-6-19-15)22-12-7-17-18(20-9-12)25-10-21-17/h3-10H,1H2,2H3,(H,19,22). The second kappa shape index (κ2) is 6.15. The summed E-state index contributed by atoms with van der Waals surface area (Å²) in [6, 6.07) is 8.55. The van der Waals surface area contributed by atoms with E-state index in [0.29, 0.717) is 10.9 Å². The summed E-state index contributed by atoms with van der Waals surface area (Å²) in [5.41, 5.74) is 4.76. The van der Waals surface area contributed by atoms with E-state index in [1.165, 1.54) is 18.3 Å². The third kappa shape index (κ3) is 2.83. The second-order valence-electron chi connectivity index (χ2n) is 5.77. The van der Waals surface area contributed by atoms with Crippen molar-refractivity contribution in [3.63, 3.8) is 0 Å². The van der Waals surface area contributed by atoms with Crippen LogP contribution in [0.15, 0.2) is 64.6 Å². The molecular weight excluding hydrogens is 368 g/mol. The Morgan fingerprint density at radius 2 is 1.96 bits per heavy atom. The van der Waals surface area contributed by atoms with Gasteiger partial charge in [0.05, 0.1) is 27.8 Å². The first-order valence-corrected chi connectivity index (χ1v) is 10.1. The van der Waals surface area contributed by atoms with Gasteiger partial charge in [-0.1, -0.05) is 6.58 Å². The van der Waals surface area contributed by atoms with Crippen molar-refractivity contribution in [1.82, 2.24) is 15.0 Å². The number of nitrogens with one attached hydrogen (secondary N) is 1. The van der Waals surface area contributed by atoms with Gasteiger partial charge in [0.2, 0.25) is 9.84 Å². The zero-order valence-electron chi connectivity index (χ0n) is 13.8. The number of nitrogens with zero attached hydrogens (tertiary/aromatic N) is 3. The van der Waals surface area contributed by atoms with Crippen LogP contribution in [0, 0.1) is 0 Å². The van der Waals surface area contributed by atoms with Gasteiger partial charge in [-0.25, -0.2) is 18.4 Å². The number of hydrogen-bond donors (Lipinski definition) is 1. The van der Waals surface area contributed by atoms with Crippen LogP contribution >= 0.6 is 11.3 Å². The fourth-order valence-corrected chi connectivity index (χ4v) is 4.12. The molecule has 3 aromatic heterocycles. The molecular formula is C18H14N4O2S2. The molecule has 0 spiro atoms. The maximum absolute atomic E-state index is 12.4. The van der Waals surface area contributed by atoms with Crippen LogP contribution in [0.2, 0.25) is 0 Å². The normalized spacial score (nSPS) is 11.7. The van der Waals surface area contributed by atoms with Crippen LogP contribution in [-0.4, -0.2) is 23.4 Å². The molecule has 0 saturated heterocycles. The summed E-state index contributed by atoms with van der Waals surface area (Å²) in [5, 5.41) is 3.98. The molecule has 4 rings (SSSR count). The molecule has 0 saturated carbocycles. The molecule has 0 bridgehead atoms. The van der Waals surface area contributed by atoms with E-state index in [2.05, 4.69) is 26.8 Å². The van der Waals surface area contributed by atoms with E-state index >= 15 is 0 Å². The maximum atomic E-state index is 12.4. The molecule has 0 radical (unpaired) electrons. The highest BCUT2D eigenvalue weighted by Crippen LogP contribution is 2.29. The van der Waals surface area contributed by atoms with Gasteiger partial charge in [-0.3, -0.25) is 4.98 Å². The summed E-state index contributed by atoms with van der Waals surface area (Å²) in [7, 11) is -3.55. The van der Waals surface area contributed by atoms with Crippen molar-refractivity contribution in [3.8, 4) is 0 Å². The fraction of sp³-hybridized carbons (Fsp3) is 0.0556. The van der Waals surface area contributed by atoms with E-state index in [0.717, 1.165) is 21.7 Å². The van der Waals surface area contributed by atoms with Crippen LogP contribution in [0.3, 0.4) is 0 Å². The molecule has 0 aliphatic carbocycles. The maximum Gasteiger partial charge on any atom is 0.201 e. The van der Waals surface area contributed by atoms with Crippen LogP contribution in [0.1, 0.15) is 6.92 Å². The number of sulfone groups is 1. The van der Waals surface area contributed by atoms with E-state index in [1.54, 1.807) is 42.2 Å². The van der Waals surface area contributed by atoms with Gasteiger partial charge >= 0.3 is 0 Å². The number of fused-ring (bicyclic) bond motifs is 2. The lowest BCUT2D eigenvalue weighted by Crippen LogP contribution is -2.02. The van der Waals surface area contributed by atoms with Gasteiger partial charge in [-0.2, -0.15) is 0 Å². The largest absolute Gasteiger partial charge is 0.354 e. The highest BCUT2D eigenvalue weighted by atomic mass is 32.2. The molecule has 8 heteroatoms. The molecule has 1 aromatic carbocycles. The van der Waals surface area contributed by atoms with Crippen molar-refractivity contribution in [2.75, 3.05) is 5.32 Å². The van der Waals surface area contributed by atoms with E-state index in [1.807, 2.05) is 6.07 Å². The Bertz CT molecular complexity index is 1260. The first-order valence-electron chi connectivity index (χ1n) is 7.71. The molecule has 26 heavy (non-hydrogen) atoms. The van der Waals surface area contributed by atoms with Crippen molar-refractivity contribution in [2.24, 2.45) is 0 Å². The Balaban J connectivity index is 1.82. The zero-order valence-corrected chi connectivity index (χ0v) is 15.4. The first-order chi connectivity index (χ1) is 12.4. The number of allylic oxidation sites excluding steroid dienone is 1. The Morgan fingerprint density at radius 3 is 2.77 bits per heavy atom. The van der Waals surface area contributed by atoms with Crippen molar-refractivity contribution in [2.45, 2.75) is 11.8 Å². The fourth-order valence-electron chi connectivity index (χ4n) is 2.58. The van der Waals surface area contributed by atoms with Crippen molar-refractivity contribution in [1.29, 1.82) is 0 Å². The summed E-state index contributed by atoms with van der Waals surface area (Å²) in [4.78, 5) is 14.1. The lowest BCUT2D eigenvalue weighted by molar-refractivity contribution is 0.602. The van der Waals surface area contributed by atoms with E-state index in [-0.39, 0.29) is 9.80 Å². The second-order valence-corrected chi connectivity index (χ2v) is 8.78. The molecule has 3 heterocycles. The number of anilines is 2. The van der Waals surface area contributed by atoms with Crippen molar-refractivity contribution < 1.29 is 8.42 Å². The van der Waals surface area contributed by atoms with Gasteiger partial charge < -0.3 is 5.32 Å². The highest BCUT2D eigenvalue weighted by molar-refractivity contribution is 7.95. The van der Waals surface area contributed by atoms with Gasteiger partial charge in [0.15, 0.2) is 0 Å². The molecule has 130 valence electrons. The predicted molar refractivity (Wildman–Crippen MR) is 104 cm³/mol. The van der Waals surface area contributed by atoms with Gasteiger partial charge in [0.25, 0.3) is 0 Å². The number of hydrogen-bond acceptors (Lipinski definition) is 7. The summed E-state index contributed by atoms with van der Waals surface area (Å²) in [6.07, 6.45) is 3.40. The van der Waals surface area contributed by atoms with Gasteiger partial charge in [0.1, 0.15) is 10.3 Å². The summed E-state index contributed by atoms with van der Waals surface area (Å²) >= 11 is 1.48. The molecule has 1 N–H and O–H groups in total. The SMILES string of the molecule is C=C(C)S(=O)(=O)c1ccc2nccc(Nc3cnc4scnc4c3)c2c1. The van der Waals surface area contributed by atoms with Gasteiger partial charge in [-0.15, -0.1) is 11.3 Å². The average Bonchev–Trinajstić information content (AvgIpc) is 3.09. The Morgan fingerprint density at radius 1 is 1.12 bits per heavy atom. The number of aromatic nitrogens is 3. The predicted octanol–water partition coefficient (Wildman–Crippen LogP) is 4.29. The zero-order chi connectivity index (χ0) is 18.3. The molecule has 0 aliphatic rings. The molecule has 0 aliphatic heterocycles. The van der Waals surface area contributed by atoms with Crippen LogP contribution in [0.5, 0.6) is 0 Å². The molecule has 0 unspecified atom stereocenters. The molecule has 0 amide bonds. The molecule has 4 aromatic rings. The lowest BCUT2D eigenvalue weighted by Gasteiger charge is -2.11. The first kappa shape index (κ1) is 16.6. The lowest BCUT2D eigenvalue weighted by atomic mass is 10.2. The van der Waals surface area contributed by atoms with Gasteiger partial charge in [0, 0.05) is 22.2 Å². The third-order valence-corrected chi connectivity index (χ3v) is 6.49. The van der Waals surface area contributed by atoms with Crippen LogP contribution < -0.4 is 5.32 Å². The van der Waals surface area contributed by atoms with Gasteiger partial charge in [-0.05, 0) is 37.3 Å². The average molecular weight is 382 g/mol. The van der Waals surface area contributed by atoms with E-state index in [9.17, 15) is 8.42 Å². The van der Waals surface area contributed by atoms with Crippen LogP contribution in [-0.2, 0) is 9.84 Å². The Labute approximate surface area is 154 Å². The molecule has 0 atom stereocenters. The minimum Gasteiger partial charge on any atom is -0.354 e. The Hall–Kier alpha value is -2.84. The quantitative estimate of drug-likeness (QED) is 0.567.